The topological polar surface area (TPSA) is 77.8 Å². The van der Waals surface area contributed by atoms with Crippen LogP contribution in [0.3, 0.4) is 0 Å². The highest BCUT2D eigenvalue weighted by atomic mass is 19.4. The Kier molecular flexibility index (Phi) is 2.96. The number of halogens is 3. The predicted molar refractivity (Wildman–Crippen MR) is 62.8 cm³/mol. The van der Waals surface area contributed by atoms with E-state index < -0.39 is 11.7 Å². The van der Waals surface area contributed by atoms with Crippen LogP contribution < -0.4 is 0 Å². The Morgan fingerprint density at radius 1 is 1.00 bits per heavy atom. The molecule has 0 fully saturated rings. The summed E-state index contributed by atoms with van der Waals surface area (Å²) in [6.07, 6.45) is -4.44. The molecule has 0 unspecified atom stereocenters. The Hall–Kier alpha value is -2.71. The first-order chi connectivity index (χ1) is 9.93. The lowest BCUT2D eigenvalue weighted by Crippen LogP contribution is -2.04. The molecule has 0 atom stereocenters. The van der Waals surface area contributed by atoms with E-state index in [0.717, 1.165) is 12.1 Å². The summed E-state index contributed by atoms with van der Waals surface area (Å²) < 4.78 is 47.7. The molecule has 21 heavy (non-hydrogen) atoms. The van der Waals surface area contributed by atoms with Crippen LogP contribution in [0.1, 0.15) is 11.4 Å². The minimum atomic E-state index is -4.44. The van der Waals surface area contributed by atoms with Crippen molar-refractivity contribution in [2.24, 2.45) is 0 Å². The number of hydrogen-bond donors (Lipinski definition) is 0. The van der Waals surface area contributed by atoms with Crippen molar-refractivity contribution in [1.29, 1.82) is 0 Å². The highest BCUT2D eigenvalue weighted by Crippen LogP contribution is 2.31. The lowest BCUT2D eigenvalue weighted by molar-refractivity contribution is -0.137. The van der Waals surface area contributed by atoms with E-state index in [1.807, 2.05) is 0 Å². The quantitative estimate of drug-likeness (QED) is 0.723. The molecule has 0 N–H and O–H groups in total. The Morgan fingerprint density at radius 3 is 2.38 bits per heavy atom. The van der Waals surface area contributed by atoms with Gasteiger partial charge < -0.3 is 9.05 Å². The number of benzene rings is 1. The maximum Gasteiger partial charge on any atom is 0.416 e. The third-order valence-electron chi connectivity index (χ3n) is 2.58. The van der Waals surface area contributed by atoms with E-state index in [1.54, 1.807) is 6.92 Å². The molecule has 0 spiro atoms. The van der Waals surface area contributed by atoms with Gasteiger partial charge in [0.1, 0.15) is 0 Å². The lowest BCUT2D eigenvalue weighted by atomic mass is 10.1. The van der Waals surface area contributed by atoms with E-state index in [2.05, 4.69) is 20.3 Å². The summed E-state index contributed by atoms with van der Waals surface area (Å²) in [4.78, 5) is 7.84. The van der Waals surface area contributed by atoms with Crippen LogP contribution in [0.25, 0.3) is 23.2 Å². The normalized spacial score (nSPS) is 11.8. The molecule has 0 saturated carbocycles. The largest absolute Gasteiger partial charge is 0.416 e. The number of hydrogen-bond acceptors (Lipinski definition) is 6. The van der Waals surface area contributed by atoms with Crippen LogP contribution in [-0.4, -0.2) is 20.3 Å². The fourth-order valence-electron chi connectivity index (χ4n) is 1.65. The summed E-state index contributed by atoms with van der Waals surface area (Å²) in [5, 5.41) is 7.17. The van der Waals surface area contributed by atoms with Crippen LogP contribution in [-0.2, 0) is 6.18 Å². The summed E-state index contributed by atoms with van der Waals surface area (Å²) in [6.45, 7) is 1.61. The minimum absolute atomic E-state index is 0.00644. The third-order valence-corrected chi connectivity index (χ3v) is 2.58. The molecule has 0 bridgehead atoms. The fraction of sp³-hybridized carbons (Fsp3) is 0.167. The number of aromatic nitrogens is 4. The van der Waals surface area contributed by atoms with Crippen LogP contribution in [0.5, 0.6) is 0 Å². The van der Waals surface area contributed by atoms with Crippen LogP contribution in [0.15, 0.2) is 33.3 Å². The highest BCUT2D eigenvalue weighted by molar-refractivity contribution is 5.57. The molecule has 0 radical (unpaired) electrons. The second kappa shape index (κ2) is 4.69. The third kappa shape index (κ3) is 2.62. The van der Waals surface area contributed by atoms with E-state index in [9.17, 15) is 13.2 Å². The van der Waals surface area contributed by atoms with Crippen LogP contribution in [0.4, 0.5) is 13.2 Å². The molecule has 0 saturated heterocycles. The molecule has 3 aromatic rings. The predicted octanol–water partition coefficient (Wildman–Crippen LogP) is 3.11. The average molecular weight is 296 g/mol. The van der Waals surface area contributed by atoms with Gasteiger partial charge in [0.15, 0.2) is 5.82 Å². The van der Waals surface area contributed by atoms with Crippen molar-refractivity contribution >= 4 is 0 Å². The Bertz CT molecular complexity index is 779. The summed E-state index contributed by atoms with van der Waals surface area (Å²) >= 11 is 0. The smallest absolute Gasteiger partial charge is 0.329 e. The number of rotatable bonds is 2. The molecule has 0 aliphatic carbocycles. The molecule has 6 nitrogen and oxygen atoms in total. The molecule has 0 aliphatic heterocycles. The van der Waals surface area contributed by atoms with Gasteiger partial charge in [0.25, 0.3) is 0 Å². The first-order valence-corrected chi connectivity index (χ1v) is 5.75. The SMILES string of the molecule is Cc1noc(-c2nc(-c3cccc(C(F)(F)F)c3)no2)n1. The van der Waals surface area contributed by atoms with Crippen LogP contribution in [0.2, 0.25) is 0 Å². The average Bonchev–Trinajstić information content (AvgIpc) is 3.06. The van der Waals surface area contributed by atoms with Gasteiger partial charge in [-0.3, -0.25) is 0 Å². The van der Waals surface area contributed by atoms with Gasteiger partial charge in [-0.05, 0) is 19.1 Å². The van der Waals surface area contributed by atoms with Crippen molar-refractivity contribution in [3.8, 4) is 23.2 Å². The van der Waals surface area contributed by atoms with Gasteiger partial charge in [-0.15, -0.1) is 0 Å². The molecule has 9 heteroatoms. The molecule has 3 rings (SSSR count). The second-order valence-electron chi connectivity index (χ2n) is 4.15. The van der Waals surface area contributed by atoms with E-state index >= 15 is 0 Å². The summed E-state index contributed by atoms with van der Waals surface area (Å²) in [7, 11) is 0. The number of aryl methyl sites for hydroxylation is 1. The van der Waals surface area contributed by atoms with Gasteiger partial charge in [-0.1, -0.05) is 22.4 Å². The van der Waals surface area contributed by atoms with E-state index in [4.69, 9.17) is 9.05 Å². The van der Waals surface area contributed by atoms with Gasteiger partial charge in [0.05, 0.1) is 5.56 Å². The molecular formula is C12H7F3N4O2. The van der Waals surface area contributed by atoms with Crippen molar-refractivity contribution in [3.63, 3.8) is 0 Å². The van der Waals surface area contributed by atoms with Gasteiger partial charge in [0, 0.05) is 5.56 Å². The monoisotopic (exact) mass is 296 g/mol. The van der Waals surface area contributed by atoms with Gasteiger partial charge in [-0.2, -0.15) is 23.1 Å². The minimum Gasteiger partial charge on any atom is -0.329 e. The van der Waals surface area contributed by atoms with Gasteiger partial charge in [0.2, 0.25) is 5.82 Å². The van der Waals surface area contributed by atoms with E-state index in [1.165, 1.54) is 12.1 Å². The van der Waals surface area contributed by atoms with Crippen molar-refractivity contribution in [1.82, 2.24) is 20.3 Å². The van der Waals surface area contributed by atoms with Crippen LogP contribution >= 0.6 is 0 Å². The first kappa shape index (κ1) is 13.3. The fourth-order valence-corrected chi connectivity index (χ4v) is 1.65. The zero-order chi connectivity index (χ0) is 15.0. The van der Waals surface area contributed by atoms with Crippen molar-refractivity contribution < 1.29 is 22.2 Å². The Balaban J connectivity index is 1.97. The summed E-state index contributed by atoms with van der Waals surface area (Å²) in [5.41, 5.74) is -0.615. The number of alkyl halides is 3. The standard InChI is InChI=1S/C12H7F3N4O2/c1-6-16-10(20-18-6)11-17-9(19-21-11)7-3-2-4-8(5-7)12(13,14)15/h2-5H,1H3. The first-order valence-electron chi connectivity index (χ1n) is 5.75. The van der Waals surface area contributed by atoms with Crippen LogP contribution in [0, 0.1) is 6.92 Å². The highest BCUT2D eigenvalue weighted by Gasteiger charge is 2.30. The van der Waals surface area contributed by atoms with Crippen molar-refractivity contribution in [2.45, 2.75) is 13.1 Å². The maximum atomic E-state index is 12.7. The van der Waals surface area contributed by atoms with Gasteiger partial charge >= 0.3 is 18.0 Å². The molecule has 1 aromatic carbocycles. The molecule has 0 aliphatic rings. The van der Waals surface area contributed by atoms with Crippen molar-refractivity contribution in [3.05, 3.63) is 35.7 Å². The Labute approximate surface area is 115 Å². The Morgan fingerprint density at radius 2 is 1.71 bits per heavy atom. The molecule has 2 aromatic heterocycles. The van der Waals surface area contributed by atoms with E-state index in [-0.39, 0.29) is 23.2 Å². The zero-order valence-corrected chi connectivity index (χ0v) is 10.5. The molecule has 0 amide bonds. The van der Waals surface area contributed by atoms with Gasteiger partial charge in [-0.25, -0.2) is 0 Å². The molecular weight excluding hydrogens is 289 g/mol. The summed E-state index contributed by atoms with van der Waals surface area (Å²) in [6, 6.07) is 4.62. The molecule has 108 valence electrons. The molecule has 2 heterocycles. The van der Waals surface area contributed by atoms with E-state index in [0.29, 0.717) is 5.82 Å². The number of nitrogens with zero attached hydrogens (tertiary/aromatic N) is 4. The zero-order valence-electron chi connectivity index (χ0n) is 10.5. The summed E-state index contributed by atoms with van der Waals surface area (Å²) in [5.74, 6) is 0.344. The lowest BCUT2D eigenvalue weighted by Gasteiger charge is -2.06. The van der Waals surface area contributed by atoms with Crippen molar-refractivity contribution in [2.75, 3.05) is 0 Å². The maximum absolute atomic E-state index is 12.7. The second-order valence-corrected chi connectivity index (χ2v) is 4.15.